The van der Waals surface area contributed by atoms with Crippen molar-refractivity contribution >= 4 is 0 Å². The van der Waals surface area contributed by atoms with Crippen LogP contribution >= 0.6 is 0 Å². The van der Waals surface area contributed by atoms with Gasteiger partial charge in [-0.25, -0.2) is 0 Å². The van der Waals surface area contributed by atoms with Gasteiger partial charge in [0.2, 0.25) is 0 Å². The molecule has 2 aromatic heterocycles. The fourth-order valence-corrected chi connectivity index (χ4v) is 1.91. The first-order chi connectivity index (χ1) is 8.10. The average Bonchev–Trinajstić information content (AvgIpc) is 2.87. The molecule has 0 radical (unpaired) electrons. The number of hydrogen-bond donors (Lipinski definition) is 1. The van der Waals surface area contributed by atoms with Gasteiger partial charge in [-0.05, 0) is 31.0 Å². The van der Waals surface area contributed by atoms with Crippen LogP contribution in [0.25, 0.3) is 0 Å². The van der Waals surface area contributed by atoms with Gasteiger partial charge in [-0.3, -0.25) is 4.68 Å². The molecule has 0 bridgehead atoms. The smallest absolute Gasteiger partial charge is 0.0639 e. The van der Waals surface area contributed by atoms with E-state index in [0.29, 0.717) is 0 Å². The molecule has 4 nitrogen and oxygen atoms in total. The molecule has 4 heteroatoms. The van der Waals surface area contributed by atoms with Gasteiger partial charge in [-0.2, -0.15) is 5.10 Å². The number of aryl methyl sites for hydroxylation is 2. The summed E-state index contributed by atoms with van der Waals surface area (Å²) in [6.45, 7) is 4.96. The van der Waals surface area contributed by atoms with Crippen LogP contribution in [-0.4, -0.2) is 14.3 Å². The Morgan fingerprint density at radius 1 is 1.47 bits per heavy atom. The summed E-state index contributed by atoms with van der Waals surface area (Å²) < 4.78 is 4.10. The standard InChI is InChI=1S/C13H20N4/c1-4-12-7-13(16(3)15-12)9-17-6-5-11(8-17)10(2)14/h5-8,10H,4,9,14H2,1-3H3. The van der Waals surface area contributed by atoms with Gasteiger partial charge in [-0.15, -0.1) is 0 Å². The molecule has 2 aromatic rings. The maximum absolute atomic E-state index is 5.85. The average molecular weight is 232 g/mol. The molecule has 2 rings (SSSR count). The van der Waals surface area contributed by atoms with E-state index in [1.807, 2.05) is 18.7 Å². The van der Waals surface area contributed by atoms with Crippen LogP contribution < -0.4 is 5.73 Å². The van der Waals surface area contributed by atoms with Crippen LogP contribution in [0.15, 0.2) is 24.5 Å². The maximum atomic E-state index is 5.85. The zero-order chi connectivity index (χ0) is 12.4. The van der Waals surface area contributed by atoms with E-state index in [9.17, 15) is 0 Å². The molecule has 1 atom stereocenters. The largest absolute Gasteiger partial charge is 0.348 e. The van der Waals surface area contributed by atoms with Crippen molar-refractivity contribution in [3.05, 3.63) is 41.5 Å². The van der Waals surface area contributed by atoms with Gasteiger partial charge in [0.25, 0.3) is 0 Å². The molecule has 2 heterocycles. The molecule has 0 aromatic carbocycles. The van der Waals surface area contributed by atoms with Crippen molar-refractivity contribution in [3.63, 3.8) is 0 Å². The normalized spacial score (nSPS) is 12.9. The predicted octanol–water partition coefficient (Wildman–Crippen LogP) is 1.85. The maximum Gasteiger partial charge on any atom is 0.0639 e. The lowest BCUT2D eigenvalue weighted by Gasteiger charge is -2.04. The molecule has 0 saturated heterocycles. The van der Waals surface area contributed by atoms with Crippen LogP contribution in [0.1, 0.15) is 36.8 Å². The number of hydrogen-bond acceptors (Lipinski definition) is 2. The lowest BCUT2D eigenvalue weighted by atomic mass is 10.2. The minimum atomic E-state index is 0.0917. The molecule has 0 aliphatic heterocycles. The SMILES string of the molecule is CCc1cc(Cn2ccc(C(C)N)c2)n(C)n1. The van der Waals surface area contributed by atoms with E-state index in [-0.39, 0.29) is 6.04 Å². The molecule has 92 valence electrons. The van der Waals surface area contributed by atoms with Gasteiger partial charge >= 0.3 is 0 Å². The lowest BCUT2D eigenvalue weighted by molar-refractivity contribution is 0.660. The summed E-state index contributed by atoms with van der Waals surface area (Å²) >= 11 is 0. The van der Waals surface area contributed by atoms with Crippen LogP contribution in [0.5, 0.6) is 0 Å². The summed E-state index contributed by atoms with van der Waals surface area (Å²) in [4.78, 5) is 0. The number of nitrogens with zero attached hydrogens (tertiary/aromatic N) is 3. The van der Waals surface area contributed by atoms with Gasteiger partial charge in [0.15, 0.2) is 0 Å². The lowest BCUT2D eigenvalue weighted by Crippen LogP contribution is -2.05. The molecule has 0 amide bonds. The fraction of sp³-hybridized carbons (Fsp3) is 0.462. The zero-order valence-corrected chi connectivity index (χ0v) is 10.7. The summed E-state index contributed by atoms with van der Waals surface area (Å²) in [5, 5.41) is 4.45. The summed E-state index contributed by atoms with van der Waals surface area (Å²) in [7, 11) is 1.99. The molecule has 0 spiro atoms. The third kappa shape index (κ3) is 2.58. The number of nitrogens with two attached hydrogens (primary N) is 1. The van der Waals surface area contributed by atoms with E-state index in [1.54, 1.807) is 0 Å². The highest BCUT2D eigenvalue weighted by Crippen LogP contribution is 2.12. The molecule has 0 fully saturated rings. The Morgan fingerprint density at radius 3 is 2.76 bits per heavy atom. The van der Waals surface area contributed by atoms with Crippen LogP contribution in [0, 0.1) is 0 Å². The first-order valence-corrected chi connectivity index (χ1v) is 6.03. The van der Waals surface area contributed by atoms with Crippen molar-refractivity contribution in [3.8, 4) is 0 Å². The second-order valence-electron chi connectivity index (χ2n) is 4.51. The zero-order valence-electron chi connectivity index (χ0n) is 10.7. The quantitative estimate of drug-likeness (QED) is 0.874. The Kier molecular flexibility index (Phi) is 3.33. The third-order valence-electron chi connectivity index (χ3n) is 3.03. The highest BCUT2D eigenvalue weighted by atomic mass is 15.3. The van der Waals surface area contributed by atoms with Gasteiger partial charge in [0.1, 0.15) is 0 Å². The van der Waals surface area contributed by atoms with E-state index in [2.05, 4.69) is 41.1 Å². The minimum Gasteiger partial charge on any atom is -0.348 e. The fourth-order valence-electron chi connectivity index (χ4n) is 1.91. The first-order valence-electron chi connectivity index (χ1n) is 6.03. The Morgan fingerprint density at radius 2 is 2.24 bits per heavy atom. The number of aromatic nitrogens is 3. The molecule has 0 aliphatic carbocycles. The monoisotopic (exact) mass is 232 g/mol. The Hall–Kier alpha value is -1.55. The van der Waals surface area contributed by atoms with Crippen LogP contribution in [0.4, 0.5) is 0 Å². The van der Waals surface area contributed by atoms with Crippen LogP contribution in [-0.2, 0) is 20.0 Å². The van der Waals surface area contributed by atoms with E-state index >= 15 is 0 Å². The second-order valence-corrected chi connectivity index (χ2v) is 4.51. The second kappa shape index (κ2) is 4.75. The van der Waals surface area contributed by atoms with Gasteiger partial charge < -0.3 is 10.3 Å². The van der Waals surface area contributed by atoms with E-state index in [4.69, 9.17) is 5.73 Å². The Balaban J connectivity index is 2.16. The predicted molar refractivity (Wildman–Crippen MR) is 68.7 cm³/mol. The molecule has 0 saturated carbocycles. The van der Waals surface area contributed by atoms with E-state index < -0.39 is 0 Å². The van der Waals surface area contributed by atoms with Gasteiger partial charge in [0.05, 0.1) is 17.9 Å². The molecule has 17 heavy (non-hydrogen) atoms. The Labute approximate surface area is 102 Å². The van der Waals surface area contributed by atoms with Gasteiger partial charge in [0, 0.05) is 25.5 Å². The van der Waals surface area contributed by atoms with Crippen LogP contribution in [0.2, 0.25) is 0 Å². The van der Waals surface area contributed by atoms with E-state index in [1.165, 1.54) is 11.3 Å². The van der Waals surface area contributed by atoms with Gasteiger partial charge in [-0.1, -0.05) is 6.92 Å². The topological polar surface area (TPSA) is 48.8 Å². The van der Waals surface area contributed by atoms with Crippen molar-refractivity contribution in [2.24, 2.45) is 12.8 Å². The summed E-state index contributed by atoms with van der Waals surface area (Å²) in [5.74, 6) is 0. The highest BCUT2D eigenvalue weighted by Gasteiger charge is 2.06. The summed E-state index contributed by atoms with van der Waals surface area (Å²) in [6.07, 6.45) is 5.14. The first kappa shape index (κ1) is 11.9. The van der Waals surface area contributed by atoms with Crippen molar-refractivity contribution < 1.29 is 0 Å². The van der Waals surface area contributed by atoms with Crippen molar-refractivity contribution in [1.29, 1.82) is 0 Å². The van der Waals surface area contributed by atoms with Crippen molar-refractivity contribution in [1.82, 2.24) is 14.3 Å². The Bertz CT molecular complexity index is 493. The van der Waals surface area contributed by atoms with Crippen molar-refractivity contribution in [2.45, 2.75) is 32.9 Å². The molecule has 1 unspecified atom stereocenters. The summed E-state index contributed by atoms with van der Waals surface area (Å²) in [6, 6.07) is 4.32. The minimum absolute atomic E-state index is 0.0917. The molecule has 0 aliphatic rings. The van der Waals surface area contributed by atoms with E-state index in [0.717, 1.165) is 18.7 Å². The molecular formula is C13H20N4. The molecule has 2 N–H and O–H groups in total. The van der Waals surface area contributed by atoms with Crippen molar-refractivity contribution in [2.75, 3.05) is 0 Å². The highest BCUT2D eigenvalue weighted by molar-refractivity contribution is 5.16. The third-order valence-corrected chi connectivity index (χ3v) is 3.03. The van der Waals surface area contributed by atoms with Crippen LogP contribution in [0.3, 0.4) is 0 Å². The molecular weight excluding hydrogens is 212 g/mol. The number of rotatable bonds is 4. The summed E-state index contributed by atoms with van der Waals surface area (Å²) in [5.41, 5.74) is 9.37.